The van der Waals surface area contributed by atoms with Gasteiger partial charge < -0.3 is 4.90 Å². The first-order valence-electron chi connectivity index (χ1n) is 12.4. The van der Waals surface area contributed by atoms with Crippen molar-refractivity contribution in [2.45, 2.75) is 59.4 Å². The first kappa shape index (κ1) is 26.7. The molecule has 2 aliphatic rings. The van der Waals surface area contributed by atoms with Crippen LogP contribution in [0.15, 0.2) is 41.4 Å². The largest absolute Gasteiger partial charge is 0.346 e. The molecule has 1 aromatic carbocycles. The third-order valence-electron chi connectivity index (χ3n) is 6.98. The normalized spacial score (nSPS) is 20.8. The number of likely N-dealkylation sites (N-methyl/N-ethyl adjacent to an activating group) is 1. The number of aromatic nitrogens is 2. The first-order valence-corrected chi connectivity index (χ1v) is 13.6. The molecule has 0 N–H and O–H groups in total. The topological polar surface area (TPSA) is 33.4 Å². The maximum absolute atomic E-state index is 6.70. The molecule has 1 aliphatic carbocycles. The van der Waals surface area contributed by atoms with E-state index in [1.807, 2.05) is 23.9 Å². The number of aliphatic imine (C=N–C) groups is 1. The van der Waals surface area contributed by atoms with Gasteiger partial charge in [-0.05, 0) is 56.4 Å². The van der Waals surface area contributed by atoms with E-state index in [1.165, 1.54) is 0 Å². The molecular formula is C29H32Cl2N4S. The van der Waals surface area contributed by atoms with Gasteiger partial charge in [0.1, 0.15) is 10.7 Å². The van der Waals surface area contributed by atoms with Gasteiger partial charge in [0, 0.05) is 30.0 Å². The molecule has 0 saturated carbocycles. The highest BCUT2D eigenvalue weighted by Gasteiger charge is 2.40. The Morgan fingerprint density at radius 3 is 2.53 bits per heavy atom. The molecule has 2 atom stereocenters. The second-order valence-electron chi connectivity index (χ2n) is 9.83. The summed E-state index contributed by atoms with van der Waals surface area (Å²) in [4.78, 5) is 7.55. The predicted octanol–water partition coefficient (Wildman–Crippen LogP) is 7.55. The van der Waals surface area contributed by atoms with Crippen molar-refractivity contribution in [1.29, 1.82) is 0 Å². The molecule has 7 heteroatoms. The Bertz CT molecular complexity index is 1350. The number of unbranched alkanes of at least 4 members (excludes halogenated alkanes) is 1. The molecule has 2 unspecified atom stereocenters. The second-order valence-corrected chi connectivity index (χ2v) is 11.1. The smallest absolute Gasteiger partial charge is 0.158 e. The third kappa shape index (κ3) is 4.79. The fourth-order valence-corrected chi connectivity index (χ4v) is 5.21. The molecule has 0 amide bonds. The fraction of sp³-hybridized carbons (Fsp3) is 0.414. The molecule has 0 fully saturated rings. The molecule has 4 nitrogen and oxygen atoms in total. The number of nitrogens with zero attached hydrogens (tertiary/aromatic N) is 4. The molecule has 2 heterocycles. The average Bonchev–Trinajstić information content (AvgIpc) is 3.30. The zero-order valence-electron chi connectivity index (χ0n) is 21.7. The number of rotatable bonds is 5. The molecule has 1 aromatic heterocycles. The van der Waals surface area contributed by atoms with Crippen molar-refractivity contribution >= 4 is 51.8 Å². The summed E-state index contributed by atoms with van der Waals surface area (Å²) in [6, 6.07) is 5.50. The number of hydrogen-bond donors (Lipinski definition) is 0. The minimum atomic E-state index is -0.361. The minimum absolute atomic E-state index is 0.198. The van der Waals surface area contributed by atoms with E-state index in [1.54, 1.807) is 6.07 Å². The van der Waals surface area contributed by atoms with Crippen molar-refractivity contribution in [3.8, 4) is 17.5 Å². The van der Waals surface area contributed by atoms with Gasteiger partial charge in [-0.1, -0.05) is 80.3 Å². The van der Waals surface area contributed by atoms with Crippen molar-refractivity contribution in [2.24, 2.45) is 16.8 Å². The van der Waals surface area contributed by atoms with Crippen molar-refractivity contribution in [3.63, 3.8) is 0 Å². The standard InChI is InChI=1S/C29H32Cl2N4S/c1-7-9-10-11-19-12-13-20(16-18(19)3)26-22(8-2)25(27-32-28(36)29(4,5)34(27)6)33-35(26)24-15-14-21(30)17-23(24)31/h12-19H,7-9H2,1-6H3. The summed E-state index contributed by atoms with van der Waals surface area (Å²) in [5.74, 6) is 7.98. The van der Waals surface area contributed by atoms with Crippen LogP contribution in [0.3, 0.4) is 0 Å². The van der Waals surface area contributed by atoms with E-state index in [2.05, 4.69) is 69.6 Å². The van der Waals surface area contributed by atoms with Crippen LogP contribution in [-0.4, -0.2) is 38.1 Å². The Morgan fingerprint density at radius 1 is 1.19 bits per heavy atom. The average molecular weight is 540 g/mol. The minimum Gasteiger partial charge on any atom is -0.346 e. The monoisotopic (exact) mass is 538 g/mol. The van der Waals surface area contributed by atoms with E-state index in [4.69, 9.17) is 45.5 Å². The Hall–Kier alpha value is -2.39. The Balaban J connectivity index is 1.91. The lowest BCUT2D eigenvalue weighted by Crippen LogP contribution is -2.44. The summed E-state index contributed by atoms with van der Waals surface area (Å²) in [6.07, 6.45) is 9.43. The van der Waals surface area contributed by atoms with Crippen LogP contribution >= 0.6 is 35.4 Å². The van der Waals surface area contributed by atoms with Crippen LogP contribution in [0.1, 0.15) is 64.4 Å². The van der Waals surface area contributed by atoms with Crippen LogP contribution in [0.2, 0.25) is 10.0 Å². The van der Waals surface area contributed by atoms with Gasteiger partial charge in [-0.3, -0.25) is 0 Å². The molecule has 2 aromatic rings. The van der Waals surface area contributed by atoms with Crippen LogP contribution in [0, 0.1) is 23.7 Å². The van der Waals surface area contributed by atoms with Crippen LogP contribution in [0.5, 0.6) is 0 Å². The van der Waals surface area contributed by atoms with Gasteiger partial charge in [-0.2, -0.15) is 5.10 Å². The maximum atomic E-state index is 6.70. The molecule has 188 valence electrons. The summed E-state index contributed by atoms with van der Waals surface area (Å²) in [5, 5.41) is 6.23. The van der Waals surface area contributed by atoms with E-state index in [0.29, 0.717) is 15.0 Å². The highest BCUT2D eigenvalue weighted by Crippen LogP contribution is 2.37. The molecule has 4 rings (SSSR count). The fourth-order valence-electron chi connectivity index (χ4n) is 4.49. The van der Waals surface area contributed by atoms with Crippen molar-refractivity contribution in [2.75, 3.05) is 7.05 Å². The quantitative estimate of drug-likeness (QED) is 0.291. The van der Waals surface area contributed by atoms with Gasteiger partial charge in [0.15, 0.2) is 5.84 Å². The van der Waals surface area contributed by atoms with Gasteiger partial charge >= 0.3 is 0 Å². The summed E-state index contributed by atoms with van der Waals surface area (Å²) in [7, 11) is 2.02. The highest BCUT2D eigenvalue weighted by atomic mass is 35.5. The van der Waals surface area contributed by atoms with Gasteiger partial charge in [0.05, 0.1) is 21.9 Å². The van der Waals surface area contributed by atoms with Crippen molar-refractivity contribution in [3.05, 3.63) is 63.4 Å². The van der Waals surface area contributed by atoms with E-state index in [-0.39, 0.29) is 17.4 Å². The first-order chi connectivity index (χ1) is 17.1. The van der Waals surface area contributed by atoms with Crippen LogP contribution < -0.4 is 0 Å². The third-order valence-corrected chi connectivity index (χ3v) is 8.11. The Morgan fingerprint density at radius 2 is 1.94 bits per heavy atom. The van der Waals surface area contributed by atoms with Gasteiger partial charge in [0.2, 0.25) is 0 Å². The number of thiocarbonyl (C=S) groups is 1. The molecule has 0 saturated heterocycles. The highest BCUT2D eigenvalue weighted by molar-refractivity contribution is 7.80. The number of hydrogen-bond acceptors (Lipinski definition) is 3. The molecule has 0 spiro atoms. The zero-order chi connectivity index (χ0) is 26.2. The number of halogens is 2. The Labute approximate surface area is 230 Å². The number of allylic oxidation sites excluding steroid dienone is 4. The number of amidine groups is 1. The van der Waals surface area contributed by atoms with E-state index in [0.717, 1.165) is 53.3 Å². The molecular weight excluding hydrogens is 507 g/mol. The summed E-state index contributed by atoms with van der Waals surface area (Å²) >= 11 is 18.5. The van der Waals surface area contributed by atoms with Crippen LogP contribution in [0.4, 0.5) is 0 Å². The molecule has 0 radical (unpaired) electrons. The van der Waals surface area contributed by atoms with Gasteiger partial charge in [-0.25, -0.2) is 9.67 Å². The summed E-state index contributed by atoms with van der Waals surface area (Å²) < 4.78 is 1.93. The maximum Gasteiger partial charge on any atom is 0.158 e. The van der Waals surface area contributed by atoms with E-state index in [9.17, 15) is 0 Å². The van der Waals surface area contributed by atoms with Crippen molar-refractivity contribution < 1.29 is 0 Å². The molecule has 0 bridgehead atoms. The molecule has 1 aliphatic heterocycles. The lowest BCUT2D eigenvalue weighted by Gasteiger charge is -2.29. The summed E-state index contributed by atoms with van der Waals surface area (Å²) in [5.41, 5.74) is 4.44. The summed E-state index contributed by atoms with van der Waals surface area (Å²) in [6.45, 7) is 10.7. The Kier molecular flexibility index (Phi) is 7.80. The van der Waals surface area contributed by atoms with Gasteiger partial charge in [-0.15, -0.1) is 5.92 Å². The second kappa shape index (κ2) is 10.5. The lowest BCUT2D eigenvalue weighted by molar-refractivity contribution is 0.363. The van der Waals surface area contributed by atoms with E-state index >= 15 is 0 Å². The lowest BCUT2D eigenvalue weighted by atomic mass is 9.85. The van der Waals surface area contributed by atoms with E-state index < -0.39 is 0 Å². The molecule has 36 heavy (non-hydrogen) atoms. The number of benzene rings is 1. The zero-order valence-corrected chi connectivity index (χ0v) is 24.0. The van der Waals surface area contributed by atoms with Crippen molar-refractivity contribution in [1.82, 2.24) is 14.7 Å². The van der Waals surface area contributed by atoms with Gasteiger partial charge in [0.25, 0.3) is 0 Å². The van der Waals surface area contributed by atoms with Crippen LogP contribution in [0.25, 0.3) is 11.3 Å². The van der Waals surface area contributed by atoms with Crippen LogP contribution in [-0.2, 0) is 6.42 Å². The SMILES string of the molecule is CCCC#CC1C=CC(c2c(CC)c(C3=NC(=S)C(C)(C)N3C)nn2-c2ccc(Cl)cc2Cl)=CC1C. The predicted molar refractivity (Wildman–Crippen MR) is 156 cm³/mol.